The highest BCUT2D eigenvalue weighted by molar-refractivity contribution is 9.11. The largest absolute Gasteiger partial charge is 0.454 e. The van der Waals surface area contributed by atoms with E-state index in [1.54, 1.807) is 23.6 Å². The molecular formula is C11H7BrN2O3S. The van der Waals surface area contributed by atoms with Crippen molar-refractivity contribution in [1.29, 1.82) is 0 Å². The van der Waals surface area contributed by atoms with Crippen molar-refractivity contribution in [2.45, 2.75) is 0 Å². The molecule has 1 N–H and O–H groups in total. The van der Waals surface area contributed by atoms with E-state index in [4.69, 9.17) is 9.47 Å². The fourth-order valence-electron chi connectivity index (χ4n) is 1.53. The van der Waals surface area contributed by atoms with Gasteiger partial charge in [-0.25, -0.2) is 4.98 Å². The molecular weight excluding hydrogens is 320 g/mol. The van der Waals surface area contributed by atoms with E-state index < -0.39 is 0 Å². The van der Waals surface area contributed by atoms with Gasteiger partial charge in [-0.1, -0.05) is 0 Å². The van der Waals surface area contributed by atoms with Crippen molar-refractivity contribution < 1.29 is 14.3 Å². The quantitative estimate of drug-likeness (QED) is 0.921. The van der Waals surface area contributed by atoms with Crippen molar-refractivity contribution in [2.24, 2.45) is 0 Å². The number of anilines is 1. The summed E-state index contributed by atoms with van der Waals surface area (Å²) in [6, 6.07) is 5.24. The van der Waals surface area contributed by atoms with Gasteiger partial charge >= 0.3 is 0 Å². The highest BCUT2D eigenvalue weighted by Gasteiger charge is 2.15. The van der Waals surface area contributed by atoms with Crippen molar-refractivity contribution >= 4 is 38.9 Å². The Balaban J connectivity index is 1.78. The second-order valence-electron chi connectivity index (χ2n) is 3.51. The number of carbonyl (C=O) groups excluding carboxylic acids is 1. The molecule has 2 aromatic rings. The lowest BCUT2D eigenvalue weighted by atomic mass is 10.2. The number of thiazole rings is 1. The number of nitrogens with one attached hydrogen (secondary N) is 1. The number of fused-ring (bicyclic) bond motifs is 1. The molecule has 1 aromatic heterocycles. The van der Waals surface area contributed by atoms with E-state index in [1.807, 2.05) is 0 Å². The summed E-state index contributed by atoms with van der Waals surface area (Å²) in [4.78, 5) is 15.9. The number of ether oxygens (including phenoxy) is 2. The molecule has 0 fully saturated rings. The first-order valence-corrected chi connectivity index (χ1v) is 6.72. The van der Waals surface area contributed by atoms with Crippen LogP contribution in [0.5, 0.6) is 11.5 Å². The molecule has 7 heteroatoms. The summed E-state index contributed by atoms with van der Waals surface area (Å²) in [6.45, 7) is 0.214. The molecule has 92 valence electrons. The van der Waals surface area contributed by atoms with Crippen LogP contribution in [-0.4, -0.2) is 17.7 Å². The third-order valence-electron chi connectivity index (χ3n) is 2.34. The number of amides is 1. The predicted octanol–water partition coefficient (Wildman–Crippen LogP) is 2.89. The predicted molar refractivity (Wildman–Crippen MR) is 70.3 cm³/mol. The lowest BCUT2D eigenvalue weighted by Crippen LogP contribution is -2.12. The molecule has 2 heterocycles. The zero-order chi connectivity index (χ0) is 12.5. The molecule has 3 rings (SSSR count). The smallest absolute Gasteiger partial charge is 0.275 e. The molecule has 0 spiro atoms. The van der Waals surface area contributed by atoms with E-state index in [0.717, 1.165) is 0 Å². The molecule has 1 aromatic carbocycles. The molecule has 0 atom stereocenters. The third-order valence-corrected chi connectivity index (χ3v) is 3.70. The van der Waals surface area contributed by atoms with Crippen molar-refractivity contribution in [2.75, 3.05) is 12.1 Å². The second kappa shape index (κ2) is 4.58. The zero-order valence-electron chi connectivity index (χ0n) is 8.97. The van der Waals surface area contributed by atoms with Gasteiger partial charge in [-0.3, -0.25) is 4.79 Å². The first-order chi connectivity index (χ1) is 8.72. The van der Waals surface area contributed by atoms with E-state index in [1.165, 1.54) is 11.3 Å². The maximum atomic E-state index is 11.9. The Hall–Kier alpha value is -1.60. The Labute approximate surface area is 115 Å². The molecule has 0 saturated carbocycles. The van der Waals surface area contributed by atoms with Gasteiger partial charge in [0.1, 0.15) is 5.69 Å². The highest BCUT2D eigenvalue weighted by Crippen LogP contribution is 2.34. The second-order valence-corrected chi connectivity index (χ2v) is 5.64. The minimum atomic E-state index is -0.254. The fraction of sp³-hybridized carbons (Fsp3) is 0.0909. The topological polar surface area (TPSA) is 60.5 Å². The summed E-state index contributed by atoms with van der Waals surface area (Å²) >= 11 is 4.58. The Kier molecular flexibility index (Phi) is 2.92. The molecule has 1 amide bonds. The normalized spacial score (nSPS) is 12.5. The summed E-state index contributed by atoms with van der Waals surface area (Å²) in [5, 5.41) is 4.44. The molecule has 5 nitrogen and oxygen atoms in total. The number of carbonyl (C=O) groups is 1. The number of aromatic nitrogens is 1. The van der Waals surface area contributed by atoms with Crippen LogP contribution in [0.2, 0.25) is 0 Å². The van der Waals surface area contributed by atoms with Gasteiger partial charge in [0.05, 0.1) is 0 Å². The molecule has 18 heavy (non-hydrogen) atoms. The standard InChI is InChI=1S/C11H7BrN2O3S/c12-11-14-7(4-18-11)10(15)13-6-1-2-8-9(3-6)17-5-16-8/h1-4H,5H2,(H,13,15). The van der Waals surface area contributed by atoms with Crippen LogP contribution in [-0.2, 0) is 0 Å². The van der Waals surface area contributed by atoms with Gasteiger partial charge in [0.25, 0.3) is 5.91 Å². The van der Waals surface area contributed by atoms with E-state index in [-0.39, 0.29) is 12.7 Å². The number of rotatable bonds is 2. The van der Waals surface area contributed by atoms with Crippen molar-refractivity contribution in [3.63, 3.8) is 0 Å². The number of hydrogen-bond acceptors (Lipinski definition) is 5. The van der Waals surface area contributed by atoms with Crippen LogP contribution < -0.4 is 14.8 Å². The minimum Gasteiger partial charge on any atom is -0.454 e. The number of hydrogen-bond donors (Lipinski definition) is 1. The number of nitrogens with zero attached hydrogens (tertiary/aromatic N) is 1. The Bertz CT molecular complexity index is 614. The molecule has 0 unspecified atom stereocenters. The van der Waals surface area contributed by atoms with Gasteiger partial charge in [0.2, 0.25) is 6.79 Å². The van der Waals surface area contributed by atoms with Crippen LogP contribution in [0.1, 0.15) is 10.5 Å². The van der Waals surface area contributed by atoms with Crippen LogP contribution in [0.3, 0.4) is 0 Å². The maximum absolute atomic E-state index is 11.9. The highest BCUT2D eigenvalue weighted by atomic mass is 79.9. The molecule has 0 saturated heterocycles. The number of halogens is 1. The summed E-state index contributed by atoms with van der Waals surface area (Å²) in [6.07, 6.45) is 0. The SMILES string of the molecule is O=C(Nc1ccc2c(c1)OCO2)c1csc(Br)n1. The summed E-state index contributed by atoms with van der Waals surface area (Å²) < 4.78 is 11.1. The summed E-state index contributed by atoms with van der Waals surface area (Å²) in [7, 11) is 0. The van der Waals surface area contributed by atoms with Gasteiger partial charge in [-0.05, 0) is 28.1 Å². The fourth-order valence-corrected chi connectivity index (χ4v) is 2.52. The van der Waals surface area contributed by atoms with E-state index in [0.29, 0.717) is 26.8 Å². The van der Waals surface area contributed by atoms with Crippen molar-refractivity contribution in [3.8, 4) is 11.5 Å². The van der Waals surface area contributed by atoms with E-state index >= 15 is 0 Å². The summed E-state index contributed by atoms with van der Waals surface area (Å²) in [5.41, 5.74) is 1.03. The lowest BCUT2D eigenvalue weighted by Gasteiger charge is -2.04. The lowest BCUT2D eigenvalue weighted by molar-refractivity contribution is 0.102. The average Bonchev–Trinajstić information content (AvgIpc) is 2.96. The Morgan fingerprint density at radius 2 is 2.22 bits per heavy atom. The zero-order valence-corrected chi connectivity index (χ0v) is 11.4. The van der Waals surface area contributed by atoms with E-state index in [2.05, 4.69) is 26.2 Å². The van der Waals surface area contributed by atoms with Gasteiger partial charge in [-0.15, -0.1) is 11.3 Å². The van der Waals surface area contributed by atoms with Crippen LogP contribution in [0.4, 0.5) is 5.69 Å². The van der Waals surface area contributed by atoms with Gasteiger partial charge in [-0.2, -0.15) is 0 Å². The molecule has 0 aliphatic carbocycles. The molecule has 0 radical (unpaired) electrons. The van der Waals surface area contributed by atoms with Crippen LogP contribution >= 0.6 is 27.3 Å². The first-order valence-electron chi connectivity index (χ1n) is 5.04. The average molecular weight is 327 g/mol. The minimum absolute atomic E-state index is 0.214. The third kappa shape index (κ3) is 2.19. The van der Waals surface area contributed by atoms with Crippen LogP contribution in [0, 0.1) is 0 Å². The van der Waals surface area contributed by atoms with Crippen molar-refractivity contribution in [1.82, 2.24) is 4.98 Å². The molecule has 1 aliphatic heterocycles. The molecule has 0 bridgehead atoms. The summed E-state index contributed by atoms with van der Waals surface area (Å²) in [5.74, 6) is 1.06. The maximum Gasteiger partial charge on any atom is 0.275 e. The Morgan fingerprint density at radius 1 is 1.39 bits per heavy atom. The molecule has 1 aliphatic rings. The number of benzene rings is 1. The van der Waals surface area contributed by atoms with E-state index in [9.17, 15) is 4.79 Å². The monoisotopic (exact) mass is 326 g/mol. The van der Waals surface area contributed by atoms with Crippen LogP contribution in [0.15, 0.2) is 27.5 Å². The van der Waals surface area contributed by atoms with Crippen molar-refractivity contribution in [3.05, 3.63) is 33.2 Å². The van der Waals surface area contributed by atoms with Gasteiger partial charge in [0, 0.05) is 17.1 Å². The first kappa shape index (κ1) is 11.5. The van der Waals surface area contributed by atoms with Crippen LogP contribution in [0.25, 0.3) is 0 Å². The van der Waals surface area contributed by atoms with Gasteiger partial charge < -0.3 is 14.8 Å². The Morgan fingerprint density at radius 3 is 3.00 bits per heavy atom. The van der Waals surface area contributed by atoms with Gasteiger partial charge in [0.15, 0.2) is 15.4 Å².